The van der Waals surface area contributed by atoms with Crippen LogP contribution in [0.1, 0.15) is 17.4 Å². The summed E-state index contributed by atoms with van der Waals surface area (Å²) in [6, 6.07) is 7.89. The van der Waals surface area contributed by atoms with Crippen molar-refractivity contribution in [3.63, 3.8) is 0 Å². The summed E-state index contributed by atoms with van der Waals surface area (Å²) in [5.41, 5.74) is 1.15. The van der Waals surface area contributed by atoms with E-state index >= 15 is 0 Å². The van der Waals surface area contributed by atoms with Crippen molar-refractivity contribution in [1.82, 2.24) is 19.6 Å². The van der Waals surface area contributed by atoms with E-state index in [9.17, 15) is 9.18 Å². The first kappa shape index (κ1) is 14.7. The van der Waals surface area contributed by atoms with Crippen molar-refractivity contribution in [1.29, 1.82) is 0 Å². The van der Waals surface area contributed by atoms with Crippen LogP contribution in [0.25, 0.3) is 5.69 Å². The normalized spacial score (nSPS) is 19.4. The Morgan fingerprint density at radius 1 is 1.23 bits per heavy atom. The maximum Gasteiger partial charge on any atom is 0.274 e. The number of benzene rings is 1. The van der Waals surface area contributed by atoms with Crippen molar-refractivity contribution in [2.24, 2.45) is 0 Å². The first-order valence-corrected chi connectivity index (χ1v) is 7.36. The molecule has 0 aliphatic carbocycles. The molecule has 1 amide bonds. The third kappa shape index (κ3) is 2.87. The van der Waals surface area contributed by atoms with Gasteiger partial charge in [-0.25, -0.2) is 9.07 Å². The van der Waals surface area contributed by atoms with E-state index in [0.29, 0.717) is 12.2 Å². The van der Waals surface area contributed by atoms with Crippen molar-refractivity contribution in [2.45, 2.75) is 13.0 Å². The lowest BCUT2D eigenvalue weighted by molar-refractivity contribution is 0.0527. The minimum atomic E-state index is -0.293. The first-order chi connectivity index (χ1) is 10.5. The summed E-state index contributed by atoms with van der Waals surface area (Å²) in [4.78, 5) is 16.7. The smallest absolute Gasteiger partial charge is 0.274 e. The molecule has 1 aliphatic rings. The van der Waals surface area contributed by atoms with E-state index in [1.165, 1.54) is 12.1 Å². The molecular weight excluding hydrogens is 283 g/mol. The number of piperazine rings is 1. The van der Waals surface area contributed by atoms with Gasteiger partial charge in [0.05, 0.1) is 5.69 Å². The van der Waals surface area contributed by atoms with E-state index in [0.717, 1.165) is 18.8 Å². The van der Waals surface area contributed by atoms with E-state index in [2.05, 4.69) is 17.0 Å². The number of hydrogen-bond donors (Lipinski definition) is 0. The highest BCUT2D eigenvalue weighted by Crippen LogP contribution is 2.14. The van der Waals surface area contributed by atoms with Crippen molar-refractivity contribution in [3.05, 3.63) is 48.0 Å². The van der Waals surface area contributed by atoms with Gasteiger partial charge in [0.2, 0.25) is 0 Å². The molecule has 1 atom stereocenters. The summed E-state index contributed by atoms with van der Waals surface area (Å²) in [6.45, 7) is 4.49. The number of carbonyl (C=O) groups is 1. The highest BCUT2D eigenvalue weighted by atomic mass is 19.1. The van der Waals surface area contributed by atoms with Gasteiger partial charge in [0, 0.05) is 31.9 Å². The fourth-order valence-corrected chi connectivity index (χ4v) is 2.76. The molecule has 1 aromatic carbocycles. The SMILES string of the molecule is CC1CN(C)CCN1C(=O)c1ccn(-c2ccc(F)cc2)n1. The Labute approximate surface area is 128 Å². The van der Waals surface area contributed by atoms with Crippen LogP contribution in [-0.2, 0) is 0 Å². The Hall–Kier alpha value is -2.21. The zero-order valence-electron chi connectivity index (χ0n) is 12.7. The second kappa shape index (κ2) is 5.88. The molecule has 1 unspecified atom stereocenters. The molecule has 0 bridgehead atoms. The summed E-state index contributed by atoms with van der Waals surface area (Å²) < 4.78 is 14.5. The Bertz CT molecular complexity index is 667. The van der Waals surface area contributed by atoms with Crippen LogP contribution in [0, 0.1) is 5.82 Å². The lowest BCUT2D eigenvalue weighted by atomic mass is 10.2. The summed E-state index contributed by atoms with van der Waals surface area (Å²) in [7, 11) is 2.06. The number of carbonyl (C=O) groups excluding carboxylic acids is 1. The number of likely N-dealkylation sites (N-methyl/N-ethyl adjacent to an activating group) is 1. The monoisotopic (exact) mass is 302 g/mol. The quantitative estimate of drug-likeness (QED) is 0.849. The van der Waals surface area contributed by atoms with E-state index in [-0.39, 0.29) is 17.8 Å². The van der Waals surface area contributed by atoms with E-state index < -0.39 is 0 Å². The molecule has 6 heteroatoms. The van der Waals surface area contributed by atoms with E-state index in [1.807, 2.05) is 11.8 Å². The minimum Gasteiger partial charge on any atom is -0.332 e. The Balaban J connectivity index is 1.78. The number of hydrogen-bond acceptors (Lipinski definition) is 3. The van der Waals surface area contributed by atoms with Crippen molar-refractivity contribution in [2.75, 3.05) is 26.7 Å². The van der Waals surface area contributed by atoms with Gasteiger partial charge in [-0.15, -0.1) is 0 Å². The molecule has 1 aromatic heterocycles. The zero-order valence-corrected chi connectivity index (χ0v) is 12.7. The summed E-state index contributed by atoms with van der Waals surface area (Å²) in [6.07, 6.45) is 1.72. The molecule has 5 nitrogen and oxygen atoms in total. The fourth-order valence-electron chi connectivity index (χ4n) is 2.76. The van der Waals surface area contributed by atoms with Gasteiger partial charge in [-0.05, 0) is 44.3 Å². The molecule has 0 saturated carbocycles. The zero-order chi connectivity index (χ0) is 15.7. The van der Waals surface area contributed by atoms with Gasteiger partial charge in [0.1, 0.15) is 5.82 Å². The van der Waals surface area contributed by atoms with Crippen LogP contribution in [0.3, 0.4) is 0 Å². The van der Waals surface area contributed by atoms with E-state index in [4.69, 9.17) is 0 Å². The Kier molecular flexibility index (Phi) is 3.94. The Morgan fingerprint density at radius 3 is 2.64 bits per heavy atom. The maximum atomic E-state index is 13.0. The predicted molar refractivity (Wildman–Crippen MR) is 81.5 cm³/mol. The van der Waals surface area contributed by atoms with Crippen molar-refractivity contribution >= 4 is 5.91 Å². The number of rotatable bonds is 2. The van der Waals surface area contributed by atoms with Gasteiger partial charge in [-0.2, -0.15) is 5.10 Å². The lowest BCUT2D eigenvalue weighted by Crippen LogP contribution is -2.52. The van der Waals surface area contributed by atoms with Crippen LogP contribution < -0.4 is 0 Å². The summed E-state index contributed by atoms with van der Waals surface area (Å²) >= 11 is 0. The van der Waals surface area contributed by atoms with Crippen LogP contribution in [0.4, 0.5) is 4.39 Å². The molecule has 3 rings (SSSR count). The van der Waals surface area contributed by atoms with Gasteiger partial charge in [0.25, 0.3) is 5.91 Å². The van der Waals surface area contributed by atoms with Gasteiger partial charge in [-0.3, -0.25) is 4.79 Å². The molecule has 0 spiro atoms. The van der Waals surface area contributed by atoms with Gasteiger partial charge in [-0.1, -0.05) is 0 Å². The van der Waals surface area contributed by atoms with E-state index in [1.54, 1.807) is 29.1 Å². The number of halogens is 1. The fraction of sp³-hybridized carbons (Fsp3) is 0.375. The van der Waals surface area contributed by atoms with Crippen LogP contribution in [0.2, 0.25) is 0 Å². The maximum absolute atomic E-state index is 13.0. The Morgan fingerprint density at radius 2 is 1.95 bits per heavy atom. The van der Waals surface area contributed by atoms with Gasteiger partial charge < -0.3 is 9.80 Å². The highest BCUT2D eigenvalue weighted by molar-refractivity contribution is 5.92. The highest BCUT2D eigenvalue weighted by Gasteiger charge is 2.27. The number of nitrogens with zero attached hydrogens (tertiary/aromatic N) is 4. The summed E-state index contributed by atoms with van der Waals surface area (Å²) in [5, 5.41) is 4.33. The molecular formula is C16H19FN4O. The average molecular weight is 302 g/mol. The predicted octanol–water partition coefficient (Wildman–Crippen LogP) is 1.79. The summed E-state index contributed by atoms with van der Waals surface area (Å²) in [5.74, 6) is -0.347. The third-order valence-electron chi connectivity index (χ3n) is 3.99. The standard InChI is InChI=1S/C16H19FN4O/c1-12-11-19(2)9-10-20(12)16(22)15-7-8-21(18-15)14-5-3-13(17)4-6-14/h3-8,12H,9-11H2,1-2H3. The minimum absolute atomic E-state index is 0.0542. The molecule has 1 fully saturated rings. The molecule has 1 saturated heterocycles. The van der Waals surface area contributed by atoms with Crippen LogP contribution >= 0.6 is 0 Å². The molecule has 0 radical (unpaired) electrons. The lowest BCUT2D eigenvalue weighted by Gasteiger charge is -2.37. The van der Waals surface area contributed by atoms with Crippen LogP contribution in [0.15, 0.2) is 36.5 Å². The van der Waals surface area contributed by atoms with Crippen LogP contribution in [-0.4, -0.2) is 58.2 Å². The topological polar surface area (TPSA) is 41.4 Å². The molecule has 2 heterocycles. The second-order valence-corrected chi connectivity index (χ2v) is 5.73. The molecule has 0 N–H and O–H groups in total. The average Bonchev–Trinajstić information content (AvgIpc) is 2.97. The number of amides is 1. The van der Waals surface area contributed by atoms with Crippen molar-refractivity contribution < 1.29 is 9.18 Å². The largest absolute Gasteiger partial charge is 0.332 e. The molecule has 116 valence electrons. The molecule has 1 aliphatic heterocycles. The van der Waals surface area contributed by atoms with Crippen LogP contribution in [0.5, 0.6) is 0 Å². The first-order valence-electron chi connectivity index (χ1n) is 7.36. The van der Waals surface area contributed by atoms with Gasteiger partial charge in [0.15, 0.2) is 5.69 Å². The van der Waals surface area contributed by atoms with Gasteiger partial charge >= 0.3 is 0 Å². The molecule has 2 aromatic rings. The third-order valence-corrected chi connectivity index (χ3v) is 3.99. The number of aromatic nitrogens is 2. The van der Waals surface area contributed by atoms with Crippen molar-refractivity contribution in [3.8, 4) is 5.69 Å². The molecule has 22 heavy (non-hydrogen) atoms. The second-order valence-electron chi connectivity index (χ2n) is 5.73.